The van der Waals surface area contributed by atoms with Gasteiger partial charge in [-0.1, -0.05) is 17.7 Å². The number of rotatable bonds is 5. The second kappa shape index (κ2) is 7.94. The van der Waals surface area contributed by atoms with Crippen LogP contribution in [0.5, 0.6) is 11.5 Å². The fourth-order valence-electron chi connectivity index (χ4n) is 2.44. The molecule has 0 aliphatic carbocycles. The second-order valence-corrected chi connectivity index (χ2v) is 6.37. The maximum atomic E-state index is 13.0. The van der Waals surface area contributed by atoms with Crippen LogP contribution in [0, 0.1) is 0 Å². The van der Waals surface area contributed by atoms with E-state index in [0.717, 1.165) is 0 Å². The molecule has 0 saturated heterocycles. The van der Waals surface area contributed by atoms with Crippen LogP contribution in [0.25, 0.3) is 0 Å². The number of hydrogen-bond donors (Lipinski definition) is 3. The summed E-state index contributed by atoms with van der Waals surface area (Å²) in [5.41, 5.74) is 2.67. The number of anilines is 2. The fraction of sp³-hybridized carbons (Fsp3) is 0.176. The molecule has 3 rings (SSSR count). The minimum Gasteiger partial charge on any atom is -0.457 e. The van der Waals surface area contributed by atoms with Crippen LogP contribution in [0.3, 0.4) is 0 Å². The van der Waals surface area contributed by atoms with Crippen LogP contribution in [-0.2, 0) is 18.9 Å². The molecular weight excluding hydrogens is 440 g/mol. The zero-order valence-electron chi connectivity index (χ0n) is 14.7. The molecule has 0 unspecified atom stereocenters. The highest BCUT2D eigenvalue weighted by atomic mass is 35.5. The van der Waals surface area contributed by atoms with Gasteiger partial charge < -0.3 is 15.8 Å². The van der Waals surface area contributed by atoms with Gasteiger partial charge in [-0.25, -0.2) is 5.10 Å². The lowest BCUT2D eigenvalue weighted by Gasteiger charge is -2.17. The summed E-state index contributed by atoms with van der Waals surface area (Å²) in [6, 6.07) is 5.23. The predicted octanol–water partition coefficient (Wildman–Crippen LogP) is 5.48. The van der Waals surface area contributed by atoms with Gasteiger partial charge in [0.05, 0.1) is 11.1 Å². The van der Waals surface area contributed by atoms with E-state index in [2.05, 4.69) is 20.5 Å². The molecule has 13 heteroatoms. The normalized spacial score (nSPS) is 12.1. The number of halogens is 7. The van der Waals surface area contributed by atoms with Crippen LogP contribution >= 0.6 is 11.6 Å². The molecular formula is C17H12ClF6N5O. The molecule has 0 bridgehead atoms. The molecule has 0 amide bonds. The number of nitrogens with zero attached hydrogens (tertiary/aromatic N) is 2. The number of ether oxygens (including phenoxy) is 1. The lowest BCUT2D eigenvalue weighted by molar-refractivity contribution is -0.143. The van der Waals surface area contributed by atoms with E-state index in [1.54, 1.807) is 0 Å². The summed E-state index contributed by atoms with van der Waals surface area (Å²) in [6.45, 7) is -0.0443. The average molecular weight is 452 g/mol. The Morgan fingerprint density at radius 1 is 1.03 bits per heavy atom. The summed E-state index contributed by atoms with van der Waals surface area (Å²) in [7, 11) is 0. The van der Waals surface area contributed by atoms with Gasteiger partial charge in [-0.15, -0.1) is 5.10 Å². The van der Waals surface area contributed by atoms with Crippen molar-refractivity contribution in [3.63, 3.8) is 0 Å². The van der Waals surface area contributed by atoms with Crippen molar-refractivity contribution in [1.29, 1.82) is 0 Å². The van der Waals surface area contributed by atoms with Gasteiger partial charge in [0.2, 0.25) is 11.9 Å². The van der Waals surface area contributed by atoms with Crippen molar-refractivity contribution in [1.82, 2.24) is 15.2 Å². The molecule has 2 aromatic carbocycles. The molecule has 0 fully saturated rings. The maximum absolute atomic E-state index is 13.0. The van der Waals surface area contributed by atoms with E-state index < -0.39 is 29.2 Å². The van der Waals surface area contributed by atoms with Crippen LogP contribution < -0.4 is 15.8 Å². The first-order valence-electron chi connectivity index (χ1n) is 8.10. The highest BCUT2D eigenvalue weighted by molar-refractivity contribution is 6.31. The second-order valence-electron chi connectivity index (χ2n) is 5.96. The third-order valence-electron chi connectivity index (χ3n) is 3.79. The van der Waals surface area contributed by atoms with Gasteiger partial charge in [-0.2, -0.15) is 31.3 Å². The highest BCUT2D eigenvalue weighted by Gasteiger charge is 2.37. The van der Waals surface area contributed by atoms with Gasteiger partial charge in [0, 0.05) is 17.1 Å². The van der Waals surface area contributed by atoms with Crippen molar-refractivity contribution in [2.24, 2.45) is 0 Å². The van der Waals surface area contributed by atoms with E-state index in [1.165, 1.54) is 18.2 Å². The summed E-state index contributed by atoms with van der Waals surface area (Å²) in [5.74, 6) is -0.553. The van der Waals surface area contributed by atoms with Crippen LogP contribution in [0.4, 0.5) is 38.2 Å². The van der Waals surface area contributed by atoms with Crippen molar-refractivity contribution in [2.75, 3.05) is 11.1 Å². The van der Waals surface area contributed by atoms with Crippen LogP contribution in [-0.4, -0.2) is 15.2 Å². The van der Waals surface area contributed by atoms with E-state index in [9.17, 15) is 26.3 Å². The Morgan fingerprint density at radius 3 is 2.20 bits per heavy atom. The SMILES string of the molecule is Nc1nc(NCc2c(Cl)cccc2Oc2cc(C(F)(F)F)cc(C(F)(F)F)c2)n[nH]1. The first-order valence-corrected chi connectivity index (χ1v) is 8.48. The third-order valence-corrected chi connectivity index (χ3v) is 4.14. The Morgan fingerprint density at radius 2 is 1.67 bits per heavy atom. The summed E-state index contributed by atoms with van der Waals surface area (Å²) in [5, 5.41) is 9.06. The van der Waals surface area contributed by atoms with Crippen LogP contribution in [0.15, 0.2) is 36.4 Å². The summed E-state index contributed by atoms with van der Waals surface area (Å²) in [6.07, 6.45) is -9.99. The van der Waals surface area contributed by atoms with Gasteiger partial charge >= 0.3 is 12.4 Å². The lowest BCUT2D eigenvalue weighted by Crippen LogP contribution is -2.11. The predicted molar refractivity (Wildman–Crippen MR) is 96.1 cm³/mol. The fourth-order valence-corrected chi connectivity index (χ4v) is 2.67. The van der Waals surface area contributed by atoms with E-state index in [0.29, 0.717) is 12.1 Å². The Kier molecular flexibility index (Phi) is 5.70. The van der Waals surface area contributed by atoms with Crippen molar-refractivity contribution in [3.05, 3.63) is 58.1 Å². The molecule has 0 aliphatic rings. The topological polar surface area (TPSA) is 88.8 Å². The number of aromatic nitrogens is 3. The zero-order chi connectivity index (χ0) is 22.1. The molecule has 0 spiro atoms. The quantitative estimate of drug-likeness (QED) is 0.447. The molecule has 160 valence electrons. The van der Waals surface area contributed by atoms with Gasteiger partial charge in [-0.05, 0) is 30.3 Å². The molecule has 6 nitrogen and oxygen atoms in total. The Labute approximate surface area is 170 Å². The number of aromatic amines is 1. The molecule has 1 aromatic heterocycles. The van der Waals surface area contributed by atoms with E-state index in [4.69, 9.17) is 22.1 Å². The van der Waals surface area contributed by atoms with E-state index >= 15 is 0 Å². The first kappa shape index (κ1) is 21.6. The number of alkyl halides is 6. The number of benzene rings is 2. The number of nitrogens with two attached hydrogens (primary N) is 1. The molecule has 30 heavy (non-hydrogen) atoms. The average Bonchev–Trinajstić information content (AvgIpc) is 3.05. The van der Waals surface area contributed by atoms with Gasteiger partial charge in [-0.3, -0.25) is 0 Å². The van der Waals surface area contributed by atoms with Crippen molar-refractivity contribution in [3.8, 4) is 11.5 Å². The minimum absolute atomic E-state index is 0.0148. The number of H-pyrrole nitrogens is 1. The number of nitrogen functional groups attached to an aromatic ring is 1. The number of nitrogens with one attached hydrogen (secondary N) is 2. The van der Waals surface area contributed by atoms with Gasteiger partial charge in [0.1, 0.15) is 11.5 Å². The minimum atomic E-state index is -5.00. The molecule has 1 heterocycles. The number of hydrogen-bond acceptors (Lipinski definition) is 5. The monoisotopic (exact) mass is 451 g/mol. The van der Waals surface area contributed by atoms with Crippen molar-refractivity contribution < 1.29 is 31.1 Å². The first-order chi connectivity index (χ1) is 13.9. The third kappa shape index (κ3) is 5.06. The molecule has 0 radical (unpaired) electrons. The summed E-state index contributed by atoms with van der Waals surface area (Å²) in [4.78, 5) is 3.81. The standard InChI is InChI=1S/C17H12ClF6N5O/c18-12-2-1-3-13(11(12)7-26-15-27-14(25)28-29-15)30-10-5-8(16(19,20)21)4-9(6-10)17(22,23)24/h1-6H,7H2,(H4,25,26,27,28,29). The van der Waals surface area contributed by atoms with Crippen molar-refractivity contribution in [2.45, 2.75) is 18.9 Å². The molecule has 4 N–H and O–H groups in total. The molecule has 3 aromatic rings. The van der Waals surface area contributed by atoms with Gasteiger partial charge in [0.15, 0.2) is 0 Å². The zero-order valence-corrected chi connectivity index (χ0v) is 15.5. The Balaban J connectivity index is 1.95. The molecule has 0 saturated carbocycles. The van der Waals surface area contributed by atoms with Crippen LogP contribution in [0.1, 0.15) is 16.7 Å². The Hall–Kier alpha value is -3.15. The van der Waals surface area contributed by atoms with Crippen molar-refractivity contribution >= 4 is 23.5 Å². The molecule has 0 aliphatic heterocycles. The largest absolute Gasteiger partial charge is 0.457 e. The Bertz CT molecular complexity index is 1020. The van der Waals surface area contributed by atoms with E-state index in [1.807, 2.05) is 0 Å². The van der Waals surface area contributed by atoms with E-state index in [-0.39, 0.29) is 40.8 Å². The smallest absolute Gasteiger partial charge is 0.416 e. The highest BCUT2D eigenvalue weighted by Crippen LogP contribution is 2.40. The summed E-state index contributed by atoms with van der Waals surface area (Å²) < 4.78 is 83.6. The van der Waals surface area contributed by atoms with Gasteiger partial charge in [0.25, 0.3) is 0 Å². The van der Waals surface area contributed by atoms with Crippen LogP contribution in [0.2, 0.25) is 5.02 Å². The maximum Gasteiger partial charge on any atom is 0.416 e. The molecule has 0 atom stereocenters. The lowest BCUT2D eigenvalue weighted by atomic mass is 10.1. The summed E-state index contributed by atoms with van der Waals surface area (Å²) >= 11 is 6.12.